The Labute approximate surface area is 113 Å². The van der Waals surface area contributed by atoms with Gasteiger partial charge < -0.3 is 9.64 Å². The lowest BCUT2D eigenvalue weighted by Gasteiger charge is -2.31. The Bertz CT molecular complexity index is 476. The molecule has 1 heterocycles. The molecule has 4 nitrogen and oxygen atoms in total. The van der Waals surface area contributed by atoms with Crippen molar-refractivity contribution in [1.29, 1.82) is 0 Å². The van der Waals surface area contributed by atoms with Crippen LogP contribution in [0.25, 0.3) is 0 Å². The number of likely N-dealkylation sites (tertiary alicyclic amines) is 1. The quantitative estimate of drug-likeness (QED) is 0.782. The molecule has 2 rings (SSSR count). The fourth-order valence-corrected chi connectivity index (χ4v) is 2.42. The van der Waals surface area contributed by atoms with Gasteiger partial charge in [0.05, 0.1) is 6.10 Å². The molecule has 0 spiro atoms. The highest BCUT2D eigenvalue weighted by molar-refractivity contribution is 5.95. The zero-order valence-electron chi connectivity index (χ0n) is 11.4. The Morgan fingerprint density at radius 2 is 2.05 bits per heavy atom. The molecule has 0 radical (unpaired) electrons. The molecule has 1 amide bonds. The number of rotatable bonds is 3. The maximum Gasteiger partial charge on any atom is 0.253 e. The van der Waals surface area contributed by atoms with Gasteiger partial charge in [-0.25, -0.2) is 0 Å². The molecule has 102 valence electrons. The maximum atomic E-state index is 12.3. The summed E-state index contributed by atoms with van der Waals surface area (Å²) in [5.74, 6) is 0.0371. The predicted octanol–water partition coefficient (Wildman–Crippen LogP) is 2.06. The minimum Gasteiger partial charge on any atom is -0.381 e. The Kier molecular flexibility index (Phi) is 4.32. The van der Waals surface area contributed by atoms with E-state index in [1.807, 2.05) is 11.8 Å². The van der Waals surface area contributed by atoms with Crippen molar-refractivity contribution >= 4 is 12.2 Å². The van der Waals surface area contributed by atoms with Crippen LogP contribution in [0.15, 0.2) is 18.2 Å². The monoisotopic (exact) mass is 261 g/mol. The Hall–Kier alpha value is -1.68. The standard InChI is InChI=1S/C15H19NO3/c1-11-9-12(3-4-13(11)10-17)15(18)16-7-5-14(19-2)6-8-16/h3-4,9-10,14H,5-8H2,1-2H3. The highest BCUT2D eigenvalue weighted by Crippen LogP contribution is 2.17. The highest BCUT2D eigenvalue weighted by Gasteiger charge is 2.23. The molecule has 1 aromatic carbocycles. The first-order chi connectivity index (χ1) is 9.15. The molecule has 0 N–H and O–H groups in total. The van der Waals surface area contributed by atoms with Gasteiger partial charge in [-0.1, -0.05) is 6.07 Å². The van der Waals surface area contributed by atoms with E-state index in [-0.39, 0.29) is 12.0 Å². The van der Waals surface area contributed by atoms with Crippen LogP contribution < -0.4 is 0 Å². The lowest BCUT2D eigenvalue weighted by molar-refractivity contribution is 0.0350. The first kappa shape index (κ1) is 13.7. The number of methoxy groups -OCH3 is 1. The number of amides is 1. The van der Waals surface area contributed by atoms with Crippen LogP contribution in [0.2, 0.25) is 0 Å². The van der Waals surface area contributed by atoms with Gasteiger partial charge in [-0.05, 0) is 37.5 Å². The van der Waals surface area contributed by atoms with E-state index in [1.165, 1.54) is 0 Å². The largest absolute Gasteiger partial charge is 0.381 e. The van der Waals surface area contributed by atoms with Gasteiger partial charge in [-0.3, -0.25) is 9.59 Å². The van der Waals surface area contributed by atoms with Crippen LogP contribution in [0.1, 0.15) is 39.1 Å². The van der Waals surface area contributed by atoms with Gasteiger partial charge in [0.25, 0.3) is 5.91 Å². The average Bonchev–Trinajstić information content (AvgIpc) is 2.46. The zero-order chi connectivity index (χ0) is 13.8. The van der Waals surface area contributed by atoms with Crippen molar-refractivity contribution in [2.75, 3.05) is 20.2 Å². The molecule has 1 fully saturated rings. The van der Waals surface area contributed by atoms with Crippen molar-refractivity contribution in [2.45, 2.75) is 25.9 Å². The summed E-state index contributed by atoms with van der Waals surface area (Å²) in [6, 6.07) is 5.22. The topological polar surface area (TPSA) is 46.6 Å². The number of carbonyl (C=O) groups is 2. The summed E-state index contributed by atoms with van der Waals surface area (Å²) < 4.78 is 5.30. The number of benzene rings is 1. The number of hydrogen-bond donors (Lipinski definition) is 0. The fraction of sp³-hybridized carbons (Fsp3) is 0.467. The van der Waals surface area contributed by atoms with Gasteiger partial charge in [0, 0.05) is 31.3 Å². The van der Waals surface area contributed by atoms with E-state index in [0.717, 1.165) is 37.8 Å². The van der Waals surface area contributed by atoms with Gasteiger partial charge in [-0.2, -0.15) is 0 Å². The molecule has 0 atom stereocenters. The van der Waals surface area contributed by atoms with Gasteiger partial charge in [-0.15, -0.1) is 0 Å². The van der Waals surface area contributed by atoms with Crippen molar-refractivity contribution < 1.29 is 14.3 Å². The van der Waals surface area contributed by atoms with Crippen LogP contribution in [0, 0.1) is 6.92 Å². The third kappa shape index (κ3) is 3.01. The smallest absolute Gasteiger partial charge is 0.253 e. The predicted molar refractivity (Wildman–Crippen MR) is 72.5 cm³/mol. The number of aldehydes is 1. The molecule has 1 aromatic rings. The normalized spacial score (nSPS) is 16.4. The summed E-state index contributed by atoms with van der Waals surface area (Å²) in [6.07, 6.45) is 2.85. The molecule has 0 unspecified atom stereocenters. The molecule has 0 saturated carbocycles. The van der Waals surface area contributed by atoms with Crippen LogP contribution in [-0.2, 0) is 4.74 Å². The molecule has 1 aliphatic heterocycles. The second-order valence-electron chi connectivity index (χ2n) is 4.92. The average molecular weight is 261 g/mol. The number of hydrogen-bond acceptors (Lipinski definition) is 3. The number of ether oxygens (including phenoxy) is 1. The number of nitrogens with zero attached hydrogens (tertiary/aromatic N) is 1. The van der Waals surface area contributed by atoms with E-state index in [2.05, 4.69) is 0 Å². The molecular formula is C15H19NO3. The van der Waals surface area contributed by atoms with E-state index in [0.29, 0.717) is 11.1 Å². The number of piperidine rings is 1. The lowest BCUT2D eigenvalue weighted by atomic mass is 10.0. The highest BCUT2D eigenvalue weighted by atomic mass is 16.5. The molecule has 0 bridgehead atoms. The van der Waals surface area contributed by atoms with Crippen molar-refractivity contribution in [2.24, 2.45) is 0 Å². The third-order valence-electron chi connectivity index (χ3n) is 3.71. The van der Waals surface area contributed by atoms with Crippen molar-refractivity contribution in [1.82, 2.24) is 4.90 Å². The van der Waals surface area contributed by atoms with Crippen molar-refractivity contribution in [3.63, 3.8) is 0 Å². The second kappa shape index (κ2) is 5.97. The van der Waals surface area contributed by atoms with Crippen LogP contribution in [0.5, 0.6) is 0 Å². The first-order valence-electron chi connectivity index (χ1n) is 6.53. The summed E-state index contributed by atoms with van der Waals surface area (Å²) in [7, 11) is 1.71. The van der Waals surface area contributed by atoms with E-state index in [9.17, 15) is 9.59 Å². The van der Waals surface area contributed by atoms with Gasteiger partial charge >= 0.3 is 0 Å². The third-order valence-corrected chi connectivity index (χ3v) is 3.71. The van der Waals surface area contributed by atoms with Crippen LogP contribution >= 0.6 is 0 Å². The van der Waals surface area contributed by atoms with E-state index < -0.39 is 0 Å². The summed E-state index contributed by atoms with van der Waals surface area (Å²) >= 11 is 0. The maximum absolute atomic E-state index is 12.3. The zero-order valence-corrected chi connectivity index (χ0v) is 11.4. The first-order valence-corrected chi connectivity index (χ1v) is 6.53. The summed E-state index contributed by atoms with van der Waals surface area (Å²) in [5.41, 5.74) is 2.13. The van der Waals surface area contributed by atoms with E-state index in [1.54, 1.807) is 25.3 Å². The van der Waals surface area contributed by atoms with E-state index >= 15 is 0 Å². The molecule has 4 heteroatoms. The Balaban J connectivity index is 2.08. The molecule has 1 aliphatic rings. The number of carbonyl (C=O) groups excluding carboxylic acids is 2. The lowest BCUT2D eigenvalue weighted by Crippen LogP contribution is -2.40. The molecule has 1 saturated heterocycles. The summed E-state index contributed by atoms with van der Waals surface area (Å²) in [5, 5.41) is 0. The van der Waals surface area contributed by atoms with Crippen LogP contribution in [0.3, 0.4) is 0 Å². The van der Waals surface area contributed by atoms with Crippen LogP contribution in [0.4, 0.5) is 0 Å². The van der Waals surface area contributed by atoms with E-state index in [4.69, 9.17) is 4.74 Å². The Morgan fingerprint density at radius 1 is 1.37 bits per heavy atom. The molecule has 0 aliphatic carbocycles. The summed E-state index contributed by atoms with van der Waals surface area (Å²) in [4.78, 5) is 25.0. The molecule has 0 aromatic heterocycles. The van der Waals surface area contributed by atoms with Crippen molar-refractivity contribution in [3.8, 4) is 0 Å². The number of aryl methyl sites for hydroxylation is 1. The van der Waals surface area contributed by atoms with Gasteiger partial charge in [0.1, 0.15) is 6.29 Å². The van der Waals surface area contributed by atoms with Gasteiger partial charge in [0.2, 0.25) is 0 Å². The van der Waals surface area contributed by atoms with Gasteiger partial charge in [0.15, 0.2) is 0 Å². The minimum atomic E-state index is 0.0371. The van der Waals surface area contributed by atoms with Crippen molar-refractivity contribution in [3.05, 3.63) is 34.9 Å². The fourth-order valence-electron chi connectivity index (χ4n) is 2.42. The minimum absolute atomic E-state index is 0.0371. The molecule has 19 heavy (non-hydrogen) atoms. The summed E-state index contributed by atoms with van der Waals surface area (Å²) in [6.45, 7) is 3.30. The van der Waals surface area contributed by atoms with Crippen LogP contribution in [-0.4, -0.2) is 43.4 Å². The Morgan fingerprint density at radius 3 is 2.58 bits per heavy atom. The SMILES string of the molecule is COC1CCN(C(=O)c2ccc(C=O)c(C)c2)CC1. The second-order valence-corrected chi connectivity index (χ2v) is 4.92. The molecular weight excluding hydrogens is 242 g/mol.